The Balaban J connectivity index is 0.00000450. The Morgan fingerprint density at radius 2 is 1.90 bits per heavy atom. The van der Waals surface area contributed by atoms with E-state index in [0.29, 0.717) is 35.5 Å². The van der Waals surface area contributed by atoms with E-state index in [1.165, 1.54) is 12.7 Å². The Bertz CT molecular complexity index is 818. The van der Waals surface area contributed by atoms with Crippen LogP contribution >= 0.6 is 24.0 Å². The second-order valence-corrected chi connectivity index (χ2v) is 6.76. The van der Waals surface area contributed by atoms with Crippen LogP contribution in [0.2, 0.25) is 0 Å². The predicted octanol–water partition coefficient (Wildman–Crippen LogP) is 4.25. The van der Waals surface area contributed by atoms with Crippen LogP contribution < -0.4 is 15.4 Å². The standard InChI is InChI=1S/C22H31N3O4.HI/c1-6-23-22(25-14-19-13-20(16(3)29-19)21(26)28-5)24-12-11-15(2)17-7-9-18(27-4)10-8-17;/h7-10,13,15H,6,11-12,14H2,1-5H3,(H2,23,24,25);1H. The normalized spacial score (nSPS) is 12.0. The quantitative estimate of drug-likeness (QED) is 0.219. The van der Waals surface area contributed by atoms with Gasteiger partial charge in [-0.05, 0) is 49.9 Å². The molecule has 8 heteroatoms. The van der Waals surface area contributed by atoms with Gasteiger partial charge in [-0.3, -0.25) is 0 Å². The molecule has 0 aliphatic heterocycles. The molecule has 2 N–H and O–H groups in total. The van der Waals surface area contributed by atoms with E-state index in [1.807, 2.05) is 19.1 Å². The van der Waals surface area contributed by atoms with Gasteiger partial charge in [0, 0.05) is 13.1 Å². The van der Waals surface area contributed by atoms with Gasteiger partial charge < -0.3 is 24.5 Å². The van der Waals surface area contributed by atoms with Crippen LogP contribution in [0.4, 0.5) is 0 Å². The molecule has 166 valence electrons. The molecule has 0 amide bonds. The van der Waals surface area contributed by atoms with Gasteiger partial charge in [-0.1, -0.05) is 19.1 Å². The molecular weight excluding hydrogens is 497 g/mol. The lowest BCUT2D eigenvalue weighted by molar-refractivity contribution is 0.0599. The lowest BCUT2D eigenvalue weighted by atomic mass is 9.98. The van der Waals surface area contributed by atoms with Gasteiger partial charge in [-0.15, -0.1) is 24.0 Å². The van der Waals surface area contributed by atoms with Crippen LogP contribution in [-0.4, -0.2) is 39.2 Å². The van der Waals surface area contributed by atoms with Crippen molar-refractivity contribution >= 4 is 35.9 Å². The first-order chi connectivity index (χ1) is 14.0. The molecule has 0 saturated carbocycles. The van der Waals surface area contributed by atoms with Gasteiger partial charge in [0.05, 0.1) is 14.2 Å². The lowest BCUT2D eigenvalue weighted by Crippen LogP contribution is -2.38. The number of hydrogen-bond donors (Lipinski definition) is 2. The van der Waals surface area contributed by atoms with Gasteiger partial charge in [0.15, 0.2) is 5.96 Å². The molecule has 1 aromatic heterocycles. The monoisotopic (exact) mass is 529 g/mol. The minimum atomic E-state index is -0.404. The Morgan fingerprint density at radius 1 is 1.20 bits per heavy atom. The third kappa shape index (κ3) is 7.55. The molecule has 0 saturated heterocycles. The summed E-state index contributed by atoms with van der Waals surface area (Å²) in [5, 5.41) is 6.58. The lowest BCUT2D eigenvalue weighted by Gasteiger charge is -2.15. The molecule has 1 aromatic carbocycles. The van der Waals surface area contributed by atoms with Crippen molar-refractivity contribution < 1.29 is 18.7 Å². The number of nitrogens with one attached hydrogen (secondary N) is 2. The number of rotatable bonds is 9. The van der Waals surface area contributed by atoms with Crippen molar-refractivity contribution in [2.24, 2.45) is 4.99 Å². The molecule has 0 aliphatic carbocycles. The molecule has 0 radical (unpaired) electrons. The van der Waals surface area contributed by atoms with Crippen molar-refractivity contribution in [1.29, 1.82) is 0 Å². The largest absolute Gasteiger partial charge is 0.497 e. The molecule has 0 aliphatic rings. The average Bonchev–Trinajstić information content (AvgIpc) is 3.11. The van der Waals surface area contributed by atoms with Crippen LogP contribution in [0.15, 0.2) is 39.7 Å². The van der Waals surface area contributed by atoms with E-state index < -0.39 is 5.97 Å². The second-order valence-electron chi connectivity index (χ2n) is 6.76. The minimum Gasteiger partial charge on any atom is -0.497 e. The molecule has 1 atom stereocenters. The molecule has 7 nitrogen and oxygen atoms in total. The van der Waals surface area contributed by atoms with Crippen molar-refractivity contribution in [3.8, 4) is 5.75 Å². The van der Waals surface area contributed by atoms with Gasteiger partial charge >= 0.3 is 5.97 Å². The summed E-state index contributed by atoms with van der Waals surface area (Å²) in [6.07, 6.45) is 0.961. The topological polar surface area (TPSA) is 85.1 Å². The molecule has 1 heterocycles. The fraction of sp³-hybridized carbons (Fsp3) is 0.455. The maximum absolute atomic E-state index is 11.7. The van der Waals surface area contributed by atoms with E-state index in [4.69, 9.17) is 13.9 Å². The van der Waals surface area contributed by atoms with E-state index in [0.717, 1.165) is 25.3 Å². The first-order valence-corrected chi connectivity index (χ1v) is 9.82. The van der Waals surface area contributed by atoms with E-state index in [1.54, 1.807) is 20.1 Å². The molecule has 1 unspecified atom stereocenters. The summed E-state index contributed by atoms with van der Waals surface area (Å²) in [6.45, 7) is 7.83. The Morgan fingerprint density at radius 3 is 2.50 bits per heavy atom. The highest BCUT2D eigenvalue weighted by Crippen LogP contribution is 2.21. The summed E-state index contributed by atoms with van der Waals surface area (Å²) in [5.41, 5.74) is 1.71. The number of esters is 1. The molecule has 0 spiro atoms. The molecule has 0 bridgehead atoms. The highest BCUT2D eigenvalue weighted by molar-refractivity contribution is 14.0. The number of nitrogens with zero attached hydrogens (tertiary/aromatic N) is 1. The molecule has 2 rings (SSSR count). The second kappa shape index (κ2) is 13.1. The summed E-state index contributed by atoms with van der Waals surface area (Å²) in [5.74, 6) is 2.73. The average molecular weight is 529 g/mol. The van der Waals surface area contributed by atoms with Crippen molar-refractivity contribution in [3.63, 3.8) is 0 Å². The smallest absolute Gasteiger partial charge is 0.341 e. The van der Waals surface area contributed by atoms with Gasteiger partial charge in [0.1, 0.15) is 29.4 Å². The Hall–Kier alpha value is -2.23. The highest BCUT2D eigenvalue weighted by Gasteiger charge is 2.15. The Kier molecular flexibility index (Phi) is 11.3. The third-order valence-electron chi connectivity index (χ3n) is 4.67. The number of benzene rings is 1. The fourth-order valence-corrected chi connectivity index (χ4v) is 2.94. The number of carbonyl (C=O) groups excluding carboxylic acids is 1. The first-order valence-electron chi connectivity index (χ1n) is 9.82. The molecular formula is C22H32IN3O4. The zero-order valence-corrected chi connectivity index (χ0v) is 20.6. The van der Waals surface area contributed by atoms with Gasteiger partial charge in [-0.25, -0.2) is 9.79 Å². The summed E-state index contributed by atoms with van der Waals surface area (Å²) < 4.78 is 15.6. The van der Waals surface area contributed by atoms with Crippen LogP contribution in [0.5, 0.6) is 5.75 Å². The van der Waals surface area contributed by atoms with Gasteiger partial charge in [0.25, 0.3) is 0 Å². The fourth-order valence-electron chi connectivity index (χ4n) is 2.94. The summed E-state index contributed by atoms with van der Waals surface area (Å²) in [6, 6.07) is 9.85. The SMILES string of the molecule is CCNC(=NCc1cc(C(=O)OC)c(C)o1)NCCC(C)c1ccc(OC)cc1.I. The number of hydrogen-bond acceptors (Lipinski definition) is 5. The zero-order chi connectivity index (χ0) is 21.2. The summed E-state index contributed by atoms with van der Waals surface area (Å²) in [7, 11) is 3.02. The van der Waals surface area contributed by atoms with Gasteiger partial charge in [-0.2, -0.15) is 0 Å². The van der Waals surface area contributed by atoms with E-state index in [2.05, 4.69) is 34.7 Å². The molecule has 0 fully saturated rings. The van der Waals surface area contributed by atoms with E-state index >= 15 is 0 Å². The number of carbonyl (C=O) groups is 1. The van der Waals surface area contributed by atoms with Crippen LogP contribution in [-0.2, 0) is 11.3 Å². The summed E-state index contributed by atoms with van der Waals surface area (Å²) >= 11 is 0. The third-order valence-corrected chi connectivity index (χ3v) is 4.67. The number of aliphatic imine (C=N–C) groups is 1. The van der Waals surface area contributed by atoms with E-state index in [-0.39, 0.29) is 24.0 Å². The maximum atomic E-state index is 11.7. The van der Waals surface area contributed by atoms with Crippen LogP contribution in [0.25, 0.3) is 0 Å². The van der Waals surface area contributed by atoms with Crippen LogP contribution in [0.3, 0.4) is 0 Å². The molecule has 2 aromatic rings. The highest BCUT2D eigenvalue weighted by atomic mass is 127. The first kappa shape index (κ1) is 25.8. The summed E-state index contributed by atoms with van der Waals surface area (Å²) in [4.78, 5) is 16.2. The minimum absolute atomic E-state index is 0. The van der Waals surface area contributed by atoms with Crippen molar-refractivity contribution in [2.75, 3.05) is 27.3 Å². The van der Waals surface area contributed by atoms with Crippen molar-refractivity contribution in [1.82, 2.24) is 10.6 Å². The number of furan rings is 1. The van der Waals surface area contributed by atoms with E-state index in [9.17, 15) is 4.79 Å². The number of halogens is 1. The molecule has 30 heavy (non-hydrogen) atoms. The maximum Gasteiger partial charge on any atom is 0.341 e. The number of guanidine groups is 1. The zero-order valence-electron chi connectivity index (χ0n) is 18.3. The number of methoxy groups -OCH3 is 2. The number of aryl methyl sites for hydroxylation is 1. The van der Waals surface area contributed by atoms with Crippen LogP contribution in [0, 0.1) is 6.92 Å². The van der Waals surface area contributed by atoms with Gasteiger partial charge in [0.2, 0.25) is 0 Å². The van der Waals surface area contributed by atoms with Crippen molar-refractivity contribution in [3.05, 3.63) is 53.0 Å². The predicted molar refractivity (Wildman–Crippen MR) is 129 cm³/mol. The van der Waals surface area contributed by atoms with Crippen LogP contribution in [0.1, 0.15) is 53.6 Å². The Labute approximate surface area is 195 Å². The van der Waals surface area contributed by atoms with Crippen molar-refractivity contribution in [2.45, 2.75) is 39.7 Å². The number of ether oxygens (including phenoxy) is 2.